The first-order valence-electron chi connectivity index (χ1n) is 51.4. The van der Waals surface area contributed by atoms with E-state index in [1.165, 1.54) is 166 Å². The fraction of sp³-hybridized carbons (Fsp3) is 0.250. The summed E-state index contributed by atoms with van der Waals surface area (Å²) in [6.07, 6.45) is 5.39. The van der Waals surface area contributed by atoms with Gasteiger partial charge in [0.2, 0.25) is 0 Å². The Morgan fingerprint density at radius 1 is 0.199 bits per heavy atom. The van der Waals surface area contributed by atoms with Crippen molar-refractivity contribution in [2.45, 2.75) is 189 Å². The molecule has 0 spiro atoms. The molecule has 5 heteroatoms. The molecule has 0 aliphatic carbocycles. The van der Waals surface area contributed by atoms with Crippen molar-refractivity contribution in [3.8, 4) is 100 Å². The van der Waals surface area contributed by atoms with Crippen molar-refractivity contribution >= 4 is 101 Å². The topological polar surface area (TPSA) is 16.3 Å². The van der Waals surface area contributed by atoms with Crippen LogP contribution in [0.15, 0.2) is 364 Å². The fourth-order valence-corrected chi connectivity index (χ4v) is 23.0. The second-order valence-electron chi connectivity index (χ2n) is 49.1. The van der Waals surface area contributed by atoms with Gasteiger partial charge in [0, 0.05) is 77.9 Å². The molecule has 0 bridgehead atoms. The number of fused-ring (bicyclic) bond motifs is 10. The highest BCUT2D eigenvalue weighted by molar-refractivity contribution is 7.00. The number of benzene rings is 17. The predicted octanol–water partition coefficient (Wildman–Crippen LogP) is 36.1. The normalized spacial score (nSPS) is 13.1. The maximum atomic E-state index is 2.85. The molecule has 0 radical (unpaired) electrons. The molecule has 17 aromatic carbocycles. The molecule has 702 valence electrons. The molecule has 0 atom stereocenters. The molecule has 2 aromatic heterocycles. The van der Waals surface area contributed by atoms with Crippen LogP contribution in [0.4, 0.5) is 34.1 Å². The van der Waals surface area contributed by atoms with E-state index in [2.05, 4.69) is 528 Å². The summed E-state index contributed by atoms with van der Waals surface area (Å²) in [5.41, 5.74) is 45.1. The molecule has 0 amide bonds. The fourth-order valence-electron chi connectivity index (χ4n) is 23.0. The molecule has 0 unspecified atom stereocenters. The van der Waals surface area contributed by atoms with E-state index in [9.17, 15) is 0 Å². The Morgan fingerprint density at radius 2 is 0.447 bits per heavy atom. The lowest BCUT2D eigenvalue weighted by molar-refractivity contribution is 0.410. The zero-order valence-electron chi connectivity index (χ0n) is 86.7. The van der Waals surface area contributed by atoms with Crippen LogP contribution >= 0.6 is 0 Å². The Labute approximate surface area is 839 Å². The molecular weight excluding hydrogens is 1700 g/mol. The molecule has 21 rings (SSSR count). The SMILES string of the molecule is CC(C)(C)Cc1cccc(-c2cc(CC(C)(C)C)cc(-c3cccc(CC(C)(C)C)c3)c2N2c3cc(-n4c5ccc(-c6ccccc6)cc5c5cc(-c6ccccc6)ccc54)ccc3B3c4ccc(-n5c6ccc(-c7ccccc7)cc6c6cc(-c7ccccc7)ccc65)cc4N(c4c(-c5cccc(CC(C)(C)C)c5)cc(CC(C)(C)C)cc4-c4cccc(CC(C)(C)C)c4)c4cc(C(C)(C)C)cc2c43)c1. The van der Waals surface area contributed by atoms with Gasteiger partial charge in [0.15, 0.2) is 0 Å². The zero-order chi connectivity index (χ0) is 98.3. The van der Waals surface area contributed by atoms with E-state index in [1.807, 2.05) is 0 Å². The van der Waals surface area contributed by atoms with Crippen LogP contribution in [0.2, 0.25) is 0 Å². The van der Waals surface area contributed by atoms with Crippen LogP contribution in [-0.4, -0.2) is 15.8 Å². The molecule has 0 N–H and O–H groups in total. The van der Waals surface area contributed by atoms with Gasteiger partial charge in [-0.2, -0.15) is 0 Å². The first-order chi connectivity index (χ1) is 67.2. The third-order valence-electron chi connectivity index (χ3n) is 28.5. The number of rotatable bonds is 18. The lowest BCUT2D eigenvalue weighted by Crippen LogP contribution is -2.61. The monoisotopic (exact) mass is 1840 g/mol. The number of aromatic nitrogens is 2. The molecule has 2 aliphatic rings. The van der Waals surface area contributed by atoms with Gasteiger partial charge < -0.3 is 18.9 Å². The van der Waals surface area contributed by atoms with Crippen molar-refractivity contribution in [2.75, 3.05) is 9.80 Å². The Kier molecular flexibility index (Phi) is 23.6. The summed E-state index contributed by atoms with van der Waals surface area (Å²) in [4.78, 5) is 5.69. The molecule has 19 aromatic rings. The van der Waals surface area contributed by atoms with Gasteiger partial charge in [0.1, 0.15) is 0 Å². The van der Waals surface area contributed by atoms with Gasteiger partial charge in [0.25, 0.3) is 6.71 Å². The second-order valence-corrected chi connectivity index (χ2v) is 49.1. The number of nitrogens with zero attached hydrogens (tertiary/aromatic N) is 4. The van der Waals surface area contributed by atoms with E-state index in [0.717, 1.165) is 106 Å². The maximum absolute atomic E-state index is 2.85. The summed E-state index contributed by atoms with van der Waals surface area (Å²) in [5, 5.41) is 4.81. The van der Waals surface area contributed by atoms with Crippen molar-refractivity contribution in [1.29, 1.82) is 0 Å². The zero-order valence-corrected chi connectivity index (χ0v) is 86.7. The van der Waals surface area contributed by atoms with E-state index in [4.69, 9.17) is 0 Å². The van der Waals surface area contributed by atoms with Crippen LogP contribution in [0.25, 0.3) is 144 Å². The predicted molar refractivity (Wildman–Crippen MR) is 610 cm³/mol. The van der Waals surface area contributed by atoms with Gasteiger partial charge in [-0.15, -0.1) is 0 Å². The molecule has 0 saturated heterocycles. The quantitative estimate of drug-likeness (QED) is 0.0796. The van der Waals surface area contributed by atoms with Crippen molar-refractivity contribution in [2.24, 2.45) is 32.5 Å². The summed E-state index contributed by atoms with van der Waals surface area (Å²) >= 11 is 0. The van der Waals surface area contributed by atoms with E-state index >= 15 is 0 Å². The number of hydrogen-bond acceptors (Lipinski definition) is 2. The van der Waals surface area contributed by atoms with Crippen molar-refractivity contribution in [3.63, 3.8) is 0 Å². The third-order valence-corrected chi connectivity index (χ3v) is 28.5. The summed E-state index contributed by atoms with van der Waals surface area (Å²) < 4.78 is 5.19. The van der Waals surface area contributed by atoms with Crippen molar-refractivity contribution in [3.05, 3.63) is 403 Å². The summed E-state index contributed by atoms with van der Waals surface area (Å²) in [7, 11) is 0. The molecule has 141 heavy (non-hydrogen) atoms. The molecular formula is C136H135BN4. The summed E-state index contributed by atoms with van der Waals surface area (Å²) in [6.45, 7) is 50.2. The van der Waals surface area contributed by atoms with Crippen molar-refractivity contribution < 1.29 is 0 Å². The second kappa shape index (κ2) is 35.7. The Morgan fingerprint density at radius 3 is 0.695 bits per heavy atom. The van der Waals surface area contributed by atoms with E-state index in [1.54, 1.807) is 0 Å². The molecule has 4 heterocycles. The minimum absolute atomic E-state index is 0.0135. The third kappa shape index (κ3) is 18.9. The van der Waals surface area contributed by atoms with E-state index in [0.29, 0.717) is 0 Å². The number of anilines is 6. The smallest absolute Gasteiger partial charge is 0.252 e. The Balaban J connectivity index is 0.949. The van der Waals surface area contributed by atoms with Gasteiger partial charge in [-0.3, -0.25) is 0 Å². The molecule has 0 saturated carbocycles. The Hall–Kier alpha value is -14.0. The molecule has 0 fully saturated rings. The largest absolute Gasteiger partial charge is 0.310 e. The average Bonchev–Trinajstić information content (AvgIpc) is 1.19. The first kappa shape index (κ1) is 93.3. The highest BCUT2D eigenvalue weighted by Gasteiger charge is 2.47. The highest BCUT2D eigenvalue weighted by Crippen LogP contribution is 2.57. The van der Waals surface area contributed by atoms with Gasteiger partial charge in [-0.05, 0) is 308 Å². The van der Waals surface area contributed by atoms with Gasteiger partial charge in [-0.25, -0.2) is 0 Å². The van der Waals surface area contributed by atoms with Crippen LogP contribution in [0.5, 0.6) is 0 Å². The number of hydrogen-bond donors (Lipinski definition) is 0. The first-order valence-corrected chi connectivity index (χ1v) is 51.4. The average molecular weight is 1840 g/mol. The van der Waals surface area contributed by atoms with Crippen LogP contribution in [-0.2, 0) is 43.9 Å². The lowest BCUT2D eigenvalue weighted by atomic mass is 9.33. The minimum atomic E-state index is -0.418. The minimum Gasteiger partial charge on any atom is -0.310 e. The van der Waals surface area contributed by atoms with Gasteiger partial charge >= 0.3 is 0 Å². The van der Waals surface area contributed by atoms with E-state index < -0.39 is 5.41 Å². The van der Waals surface area contributed by atoms with Crippen molar-refractivity contribution in [1.82, 2.24) is 9.13 Å². The van der Waals surface area contributed by atoms with Crippen LogP contribution in [0, 0.1) is 32.5 Å². The maximum Gasteiger partial charge on any atom is 0.252 e. The highest BCUT2D eigenvalue weighted by atomic mass is 15.2. The van der Waals surface area contributed by atoms with Crippen LogP contribution in [0.3, 0.4) is 0 Å². The van der Waals surface area contributed by atoms with Crippen LogP contribution < -0.4 is 26.2 Å². The Bertz CT molecular complexity index is 7230. The van der Waals surface area contributed by atoms with E-state index in [-0.39, 0.29) is 39.2 Å². The van der Waals surface area contributed by atoms with Crippen LogP contribution in [0.1, 0.15) is 184 Å². The lowest BCUT2D eigenvalue weighted by Gasteiger charge is -2.46. The standard InChI is InChI=1S/C136H135BN4/c1-130(2,3)82-88-38-34-50-102(66-88)109-70-92(86-134(13,14)15)71-110(103-51-35-39-89(67-103)83-131(4,5)6)128(109)140-123-80-107(138-119-62-54-98(94-42-26-22-27-43-94)74-113(119)114-75-99(55-63-120(114)138)95-44-28-23-29-45-95)58-60-117(123)137-118-61-59-108(139-121-64-56-100(96-46-30-24-31-47-96)76-115(121)116-77-101(57-65-122(116)139)97-48-32-25-33-49-97)81-124(118)141(126-79-106(136(19,20)21)78-125(140)127(126)137)129-111(104-52-36-40-90(68-104)84-132(7,8)9)72-93(87-135(16,17)18)73-112(129)105-53-37-41-91(69-105)85-133(10,11)12/h22-81H,82-87H2,1-21H3. The molecule has 2 aliphatic heterocycles. The van der Waals surface area contributed by atoms with Gasteiger partial charge in [-0.1, -0.05) is 400 Å². The summed E-state index contributed by atoms with van der Waals surface area (Å²) in [6, 6.07) is 143. The summed E-state index contributed by atoms with van der Waals surface area (Å²) in [5.74, 6) is 0. The van der Waals surface area contributed by atoms with Gasteiger partial charge in [0.05, 0.1) is 33.4 Å². The molecule has 4 nitrogen and oxygen atoms in total.